The third-order valence-electron chi connectivity index (χ3n) is 4.23. The Morgan fingerprint density at radius 3 is 2.68 bits per heavy atom. The molecule has 2 aliphatic rings. The summed E-state index contributed by atoms with van der Waals surface area (Å²) in [7, 11) is 0. The third-order valence-corrected chi connectivity index (χ3v) is 4.23. The van der Waals surface area contributed by atoms with Crippen molar-refractivity contribution in [2.45, 2.75) is 37.5 Å². The summed E-state index contributed by atoms with van der Waals surface area (Å²) < 4.78 is 5.51. The van der Waals surface area contributed by atoms with E-state index in [0.717, 1.165) is 11.1 Å². The van der Waals surface area contributed by atoms with Gasteiger partial charge in [0.05, 0.1) is 30.4 Å². The fraction of sp³-hybridized carbons (Fsp3) is 0.533. The summed E-state index contributed by atoms with van der Waals surface area (Å²) in [6, 6.07) is 8.18. The summed E-state index contributed by atoms with van der Waals surface area (Å²) in [6.45, 7) is 3.21. The predicted octanol–water partition coefficient (Wildman–Crippen LogP) is 1.21. The second-order valence-corrected chi connectivity index (χ2v) is 5.63. The van der Waals surface area contributed by atoms with Crippen LogP contribution in [-0.4, -0.2) is 30.4 Å². The molecule has 2 atom stereocenters. The summed E-state index contributed by atoms with van der Waals surface area (Å²) in [4.78, 5) is 0. The van der Waals surface area contributed by atoms with Crippen molar-refractivity contribution in [2.24, 2.45) is 0 Å². The third kappa shape index (κ3) is 2.14. The SMILES string of the molecule is Cc1c(C#N)cccc1C1(O)CC2COCC(C1)N2. The quantitative estimate of drug-likeness (QED) is 0.794. The molecule has 4 nitrogen and oxygen atoms in total. The van der Waals surface area contributed by atoms with Gasteiger partial charge in [0.15, 0.2) is 0 Å². The average Bonchev–Trinajstić information content (AvgIpc) is 2.38. The lowest BCUT2D eigenvalue weighted by Crippen LogP contribution is -2.58. The highest BCUT2D eigenvalue weighted by Gasteiger charge is 2.43. The molecule has 2 saturated heterocycles. The molecule has 2 unspecified atom stereocenters. The van der Waals surface area contributed by atoms with Crippen LogP contribution in [-0.2, 0) is 10.3 Å². The predicted molar refractivity (Wildman–Crippen MR) is 70.6 cm³/mol. The number of morpholine rings is 1. The minimum absolute atomic E-state index is 0.197. The van der Waals surface area contributed by atoms with Crippen LogP contribution in [0.1, 0.15) is 29.5 Å². The van der Waals surface area contributed by atoms with Crippen molar-refractivity contribution >= 4 is 0 Å². The van der Waals surface area contributed by atoms with E-state index in [0.29, 0.717) is 31.6 Å². The van der Waals surface area contributed by atoms with Crippen molar-refractivity contribution in [3.05, 3.63) is 34.9 Å². The normalized spacial score (nSPS) is 33.7. The number of aliphatic hydroxyl groups is 1. The molecule has 0 aromatic heterocycles. The second kappa shape index (κ2) is 4.61. The molecule has 3 rings (SSSR count). The molecule has 2 N–H and O–H groups in total. The molecular formula is C15H18N2O2. The lowest BCUT2D eigenvalue weighted by molar-refractivity contribution is -0.0805. The molecule has 0 radical (unpaired) electrons. The topological polar surface area (TPSA) is 65.3 Å². The van der Waals surface area contributed by atoms with Gasteiger partial charge in [0, 0.05) is 12.1 Å². The number of hydrogen-bond donors (Lipinski definition) is 2. The number of benzene rings is 1. The smallest absolute Gasteiger partial charge is 0.0994 e. The minimum Gasteiger partial charge on any atom is -0.385 e. The maximum atomic E-state index is 11.0. The number of nitrogens with one attached hydrogen (secondary N) is 1. The molecule has 100 valence electrons. The Balaban J connectivity index is 1.99. The molecule has 0 spiro atoms. The van der Waals surface area contributed by atoms with Crippen molar-refractivity contribution in [2.75, 3.05) is 13.2 Å². The van der Waals surface area contributed by atoms with E-state index in [9.17, 15) is 5.11 Å². The van der Waals surface area contributed by atoms with Gasteiger partial charge in [-0.2, -0.15) is 5.26 Å². The van der Waals surface area contributed by atoms with Gasteiger partial charge < -0.3 is 15.2 Å². The van der Waals surface area contributed by atoms with Gasteiger partial charge in [-0.1, -0.05) is 12.1 Å². The number of nitrogens with zero attached hydrogens (tertiary/aromatic N) is 1. The van der Waals surface area contributed by atoms with Crippen LogP contribution in [0.5, 0.6) is 0 Å². The van der Waals surface area contributed by atoms with Gasteiger partial charge in [0.2, 0.25) is 0 Å². The van der Waals surface area contributed by atoms with Gasteiger partial charge in [-0.05, 0) is 37.0 Å². The standard InChI is InChI=1S/C15H18N2O2/c1-10-11(7-16)3-2-4-14(10)15(18)5-12-8-19-9-13(6-15)17-12/h2-4,12-13,17-18H,5-6,8-9H2,1H3. The zero-order chi connectivity index (χ0) is 13.5. The zero-order valence-electron chi connectivity index (χ0n) is 11.0. The van der Waals surface area contributed by atoms with E-state index in [1.165, 1.54) is 0 Å². The molecule has 0 aliphatic carbocycles. The van der Waals surface area contributed by atoms with Crippen LogP contribution in [0.15, 0.2) is 18.2 Å². The molecule has 2 heterocycles. The van der Waals surface area contributed by atoms with E-state index in [1.54, 1.807) is 6.07 Å². The summed E-state index contributed by atoms with van der Waals surface area (Å²) in [5.41, 5.74) is 1.59. The molecule has 2 fully saturated rings. The molecule has 4 heteroatoms. The highest BCUT2D eigenvalue weighted by Crippen LogP contribution is 2.38. The highest BCUT2D eigenvalue weighted by atomic mass is 16.5. The van der Waals surface area contributed by atoms with Crippen LogP contribution in [0.4, 0.5) is 0 Å². The van der Waals surface area contributed by atoms with E-state index in [1.807, 2.05) is 19.1 Å². The van der Waals surface area contributed by atoms with E-state index < -0.39 is 5.60 Å². The fourth-order valence-corrected chi connectivity index (χ4v) is 3.40. The lowest BCUT2D eigenvalue weighted by atomic mass is 9.76. The maximum Gasteiger partial charge on any atom is 0.0994 e. The first kappa shape index (κ1) is 12.6. The van der Waals surface area contributed by atoms with Crippen molar-refractivity contribution in [3.8, 4) is 6.07 Å². The Hall–Kier alpha value is -1.41. The number of nitriles is 1. The molecule has 19 heavy (non-hydrogen) atoms. The number of piperidine rings is 1. The number of hydrogen-bond acceptors (Lipinski definition) is 4. The van der Waals surface area contributed by atoms with Gasteiger partial charge in [-0.15, -0.1) is 0 Å². The first-order valence-electron chi connectivity index (χ1n) is 6.69. The number of rotatable bonds is 1. The van der Waals surface area contributed by atoms with Gasteiger partial charge >= 0.3 is 0 Å². The van der Waals surface area contributed by atoms with Crippen molar-refractivity contribution in [1.82, 2.24) is 5.32 Å². The fourth-order valence-electron chi connectivity index (χ4n) is 3.40. The minimum atomic E-state index is -0.846. The molecule has 2 aliphatic heterocycles. The Morgan fingerprint density at radius 1 is 1.37 bits per heavy atom. The Bertz CT molecular complexity index is 523. The van der Waals surface area contributed by atoms with E-state index in [-0.39, 0.29) is 12.1 Å². The van der Waals surface area contributed by atoms with Gasteiger partial charge in [0.1, 0.15) is 0 Å². The van der Waals surface area contributed by atoms with Crippen LogP contribution in [0, 0.1) is 18.3 Å². The number of fused-ring (bicyclic) bond motifs is 2. The van der Waals surface area contributed by atoms with Crippen LogP contribution in [0.25, 0.3) is 0 Å². The molecule has 1 aromatic rings. The molecule has 1 aromatic carbocycles. The molecule has 2 bridgehead atoms. The van der Waals surface area contributed by atoms with Crippen molar-refractivity contribution in [1.29, 1.82) is 5.26 Å². The monoisotopic (exact) mass is 258 g/mol. The molecular weight excluding hydrogens is 240 g/mol. The van der Waals surface area contributed by atoms with Crippen LogP contribution in [0.2, 0.25) is 0 Å². The molecule has 0 amide bonds. The highest BCUT2D eigenvalue weighted by molar-refractivity contribution is 5.44. The zero-order valence-corrected chi connectivity index (χ0v) is 11.0. The average molecular weight is 258 g/mol. The van der Waals surface area contributed by atoms with Gasteiger partial charge in [0.25, 0.3) is 0 Å². The van der Waals surface area contributed by atoms with Crippen LogP contribution < -0.4 is 5.32 Å². The van der Waals surface area contributed by atoms with Crippen molar-refractivity contribution in [3.63, 3.8) is 0 Å². The maximum absolute atomic E-state index is 11.0. The summed E-state index contributed by atoms with van der Waals surface area (Å²) in [6.07, 6.45) is 1.28. The Morgan fingerprint density at radius 2 is 2.05 bits per heavy atom. The second-order valence-electron chi connectivity index (χ2n) is 5.63. The Kier molecular flexibility index (Phi) is 3.06. The Labute approximate surface area is 113 Å². The van der Waals surface area contributed by atoms with Gasteiger partial charge in [-0.25, -0.2) is 0 Å². The number of ether oxygens (including phenoxy) is 1. The van der Waals surface area contributed by atoms with E-state index >= 15 is 0 Å². The van der Waals surface area contributed by atoms with E-state index in [2.05, 4.69) is 11.4 Å². The largest absolute Gasteiger partial charge is 0.385 e. The van der Waals surface area contributed by atoms with Crippen molar-refractivity contribution < 1.29 is 9.84 Å². The molecule has 0 saturated carbocycles. The summed E-state index contributed by atoms with van der Waals surface area (Å²) >= 11 is 0. The summed E-state index contributed by atoms with van der Waals surface area (Å²) in [5.74, 6) is 0. The lowest BCUT2D eigenvalue weighted by Gasteiger charge is -2.45. The van der Waals surface area contributed by atoms with Gasteiger partial charge in [-0.3, -0.25) is 0 Å². The first-order chi connectivity index (χ1) is 9.12. The van der Waals surface area contributed by atoms with Crippen LogP contribution in [0.3, 0.4) is 0 Å². The van der Waals surface area contributed by atoms with Crippen LogP contribution >= 0.6 is 0 Å². The van der Waals surface area contributed by atoms with E-state index in [4.69, 9.17) is 10.00 Å². The first-order valence-corrected chi connectivity index (χ1v) is 6.69. The summed E-state index contributed by atoms with van der Waals surface area (Å²) in [5, 5.41) is 23.6.